The Kier molecular flexibility index (Phi) is 5.96. The summed E-state index contributed by atoms with van der Waals surface area (Å²) in [6.45, 7) is 1.06. The summed E-state index contributed by atoms with van der Waals surface area (Å²) in [5.74, 6) is 0.00371. The average Bonchev–Trinajstić information content (AvgIpc) is 2.37. The van der Waals surface area contributed by atoms with Crippen LogP contribution in [0.1, 0.15) is 13.3 Å². The fourth-order valence-corrected chi connectivity index (χ4v) is 3.37. The van der Waals surface area contributed by atoms with Gasteiger partial charge in [-0.2, -0.15) is 30.6 Å². The van der Waals surface area contributed by atoms with E-state index in [4.69, 9.17) is 11.1 Å². The zero-order valence-corrected chi connectivity index (χ0v) is 12.5. The van der Waals surface area contributed by atoms with E-state index in [1.165, 1.54) is 4.72 Å². The number of nitrogens with zero attached hydrogens (tertiary/aromatic N) is 2. The first-order chi connectivity index (χ1) is 9.57. The second-order valence-electron chi connectivity index (χ2n) is 4.76. The molecule has 0 aliphatic carbocycles. The standard InChI is InChI=1S/C10H20F3N5O2S/c1-2-8(9(14)15)17-3-5-18(6-4-17)21(19,20)16-7-10(11,12)13/h8,16H,2-7H2,1H3,(H3,14,15). The Bertz CT molecular complexity index is 460. The van der Waals surface area contributed by atoms with Crippen molar-refractivity contribution >= 4 is 16.0 Å². The molecule has 0 spiro atoms. The number of hydrogen-bond donors (Lipinski definition) is 3. The highest BCUT2D eigenvalue weighted by atomic mass is 32.2. The van der Waals surface area contributed by atoms with Crippen molar-refractivity contribution in [2.24, 2.45) is 5.73 Å². The second-order valence-corrected chi connectivity index (χ2v) is 6.51. The Morgan fingerprint density at radius 1 is 1.33 bits per heavy atom. The summed E-state index contributed by atoms with van der Waals surface area (Å²) in [7, 11) is -4.14. The van der Waals surface area contributed by atoms with E-state index in [1.54, 1.807) is 0 Å². The summed E-state index contributed by atoms with van der Waals surface area (Å²) in [6, 6.07) is -0.266. The molecule has 11 heteroatoms. The van der Waals surface area contributed by atoms with Crippen LogP contribution in [0, 0.1) is 5.41 Å². The maximum absolute atomic E-state index is 12.1. The molecule has 7 nitrogen and oxygen atoms in total. The number of nitrogens with two attached hydrogens (primary N) is 1. The molecule has 1 saturated heterocycles. The molecule has 0 amide bonds. The van der Waals surface area contributed by atoms with Crippen LogP contribution >= 0.6 is 0 Å². The van der Waals surface area contributed by atoms with Crippen molar-refractivity contribution in [2.75, 3.05) is 32.7 Å². The van der Waals surface area contributed by atoms with Crippen LogP contribution in [-0.4, -0.2) is 68.4 Å². The van der Waals surface area contributed by atoms with Gasteiger partial charge in [0.25, 0.3) is 10.2 Å². The summed E-state index contributed by atoms with van der Waals surface area (Å²) in [4.78, 5) is 1.86. The average molecular weight is 331 g/mol. The molecule has 1 unspecified atom stereocenters. The van der Waals surface area contributed by atoms with Gasteiger partial charge < -0.3 is 5.73 Å². The molecule has 0 bridgehead atoms. The SMILES string of the molecule is CCC(C(=N)N)N1CCN(S(=O)(=O)NCC(F)(F)F)CC1. The molecule has 0 aromatic heterocycles. The van der Waals surface area contributed by atoms with E-state index in [2.05, 4.69) is 0 Å². The minimum atomic E-state index is -4.59. The highest BCUT2D eigenvalue weighted by Crippen LogP contribution is 2.15. The van der Waals surface area contributed by atoms with Crippen molar-refractivity contribution in [3.63, 3.8) is 0 Å². The van der Waals surface area contributed by atoms with E-state index < -0.39 is 22.9 Å². The summed E-state index contributed by atoms with van der Waals surface area (Å²) < 4.78 is 62.2. The second kappa shape index (κ2) is 6.90. The lowest BCUT2D eigenvalue weighted by molar-refractivity contribution is -0.121. The van der Waals surface area contributed by atoms with E-state index in [9.17, 15) is 21.6 Å². The van der Waals surface area contributed by atoms with Crippen molar-refractivity contribution in [1.29, 1.82) is 5.41 Å². The van der Waals surface area contributed by atoms with Crippen LogP contribution in [0.3, 0.4) is 0 Å². The number of amidine groups is 1. The number of hydrogen-bond acceptors (Lipinski definition) is 4. The topological polar surface area (TPSA) is 103 Å². The van der Waals surface area contributed by atoms with Crippen LogP contribution in [-0.2, 0) is 10.2 Å². The van der Waals surface area contributed by atoms with Crippen LogP contribution < -0.4 is 10.5 Å². The largest absolute Gasteiger partial charge is 0.402 e. The van der Waals surface area contributed by atoms with Crippen LogP contribution in [0.2, 0.25) is 0 Å². The normalized spacial score (nSPS) is 20.4. The third-order valence-corrected chi connectivity index (χ3v) is 4.81. The lowest BCUT2D eigenvalue weighted by Crippen LogP contribution is -2.57. The number of piperazine rings is 1. The molecule has 0 aromatic carbocycles. The van der Waals surface area contributed by atoms with E-state index in [-0.39, 0.29) is 25.0 Å². The molecule has 1 atom stereocenters. The molecule has 124 valence electrons. The van der Waals surface area contributed by atoms with Gasteiger partial charge in [-0.3, -0.25) is 10.3 Å². The van der Waals surface area contributed by atoms with Gasteiger partial charge in [0.2, 0.25) is 0 Å². The monoisotopic (exact) mass is 331 g/mol. The molecule has 21 heavy (non-hydrogen) atoms. The lowest BCUT2D eigenvalue weighted by atomic mass is 10.1. The maximum atomic E-state index is 12.1. The number of rotatable bonds is 6. The number of nitrogens with one attached hydrogen (secondary N) is 2. The van der Waals surface area contributed by atoms with E-state index in [0.29, 0.717) is 19.5 Å². The Hall–Kier alpha value is -0.910. The minimum Gasteiger partial charge on any atom is -0.386 e. The van der Waals surface area contributed by atoms with Crippen LogP contribution in [0.5, 0.6) is 0 Å². The highest BCUT2D eigenvalue weighted by Gasteiger charge is 2.34. The third-order valence-electron chi connectivity index (χ3n) is 3.25. The lowest BCUT2D eigenvalue weighted by Gasteiger charge is -2.37. The van der Waals surface area contributed by atoms with Gasteiger partial charge in [-0.05, 0) is 6.42 Å². The Morgan fingerprint density at radius 2 is 1.86 bits per heavy atom. The quantitative estimate of drug-likeness (QED) is 0.460. The third kappa shape index (κ3) is 5.41. The van der Waals surface area contributed by atoms with Crippen LogP contribution in [0.4, 0.5) is 13.2 Å². The fourth-order valence-electron chi connectivity index (χ4n) is 2.19. The Labute approximate surface area is 122 Å². The van der Waals surface area contributed by atoms with Crippen molar-refractivity contribution in [3.8, 4) is 0 Å². The summed E-state index contributed by atoms with van der Waals surface area (Å²) in [5.41, 5.74) is 5.47. The predicted octanol–water partition coefficient (Wildman–Crippen LogP) is -0.285. The fraction of sp³-hybridized carbons (Fsp3) is 0.900. The molecule has 0 aromatic rings. The van der Waals surface area contributed by atoms with E-state index in [1.807, 2.05) is 11.8 Å². The molecule has 0 radical (unpaired) electrons. The zero-order valence-electron chi connectivity index (χ0n) is 11.7. The minimum absolute atomic E-state index is 0.00371. The van der Waals surface area contributed by atoms with Crippen molar-refractivity contribution in [2.45, 2.75) is 25.6 Å². The van der Waals surface area contributed by atoms with Gasteiger partial charge in [-0.1, -0.05) is 6.92 Å². The van der Waals surface area contributed by atoms with Gasteiger partial charge in [-0.25, -0.2) is 0 Å². The van der Waals surface area contributed by atoms with E-state index >= 15 is 0 Å². The van der Waals surface area contributed by atoms with Crippen molar-refractivity contribution in [3.05, 3.63) is 0 Å². The molecule has 0 saturated carbocycles. The smallest absolute Gasteiger partial charge is 0.386 e. The summed E-state index contributed by atoms with van der Waals surface area (Å²) in [5, 5.41) is 7.46. The van der Waals surface area contributed by atoms with Gasteiger partial charge in [-0.15, -0.1) is 0 Å². The van der Waals surface area contributed by atoms with E-state index in [0.717, 1.165) is 4.31 Å². The number of halogens is 3. The molecule has 1 aliphatic rings. The van der Waals surface area contributed by atoms with Gasteiger partial charge in [0.1, 0.15) is 12.4 Å². The maximum Gasteiger partial charge on any atom is 0.402 e. The highest BCUT2D eigenvalue weighted by molar-refractivity contribution is 7.87. The molecule has 1 heterocycles. The Balaban J connectivity index is 2.57. The Morgan fingerprint density at radius 3 is 2.24 bits per heavy atom. The molecular weight excluding hydrogens is 311 g/mol. The number of alkyl halides is 3. The van der Waals surface area contributed by atoms with Gasteiger partial charge in [0.15, 0.2) is 0 Å². The first kappa shape index (κ1) is 18.1. The van der Waals surface area contributed by atoms with Gasteiger partial charge in [0, 0.05) is 26.2 Å². The zero-order chi connectivity index (χ0) is 16.3. The van der Waals surface area contributed by atoms with Crippen molar-refractivity contribution in [1.82, 2.24) is 13.9 Å². The molecule has 1 rings (SSSR count). The molecular formula is C10H20F3N5O2S. The van der Waals surface area contributed by atoms with Gasteiger partial charge >= 0.3 is 6.18 Å². The first-order valence-corrected chi connectivity index (χ1v) is 7.90. The van der Waals surface area contributed by atoms with Crippen LogP contribution in [0.15, 0.2) is 0 Å². The van der Waals surface area contributed by atoms with Crippen LogP contribution in [0.25, 0.3) is 0 Å². The first-order valence-electron chi connectivity index (χ1n) is 6.46. The predicted molar refractivity (Wildman–Crippen MR) is 72.1 cm³/mol. The summed E-state index contributed by atoms with van der Waals surface area (Å²) in [6.07, 6.45) is -3.97. The summed E-state index contributed by atoms with van der Waals surface area (Å²) >= 11 is 0. The molecule has 1 fully saturated rings. The van der Waals surface area contributed by atoms with Crippen molar-refractivity contribution < 1.29 is 21.6 Å². The van der Waals surface area contributed by atoms with Gasteiger partial charge in [0.05, 0.1) is 6.04 Å². The molecule has 4 N–H and O–H groups in total. The molecule has 1 aliphatic heterocycles.